The van der Waals surface area contributed by atoms with Crippen LogP contribution in [0.5, 0.6) is 5.75 Å². The van der Waals surface area contributed by atoms with Gasteiger partial charge in [0.25, 0.3) is 5.91 Å². The second kappa shape index (κ2) is 6.08. The summed E-state index contributed by atoms with van der Waals surface area (Å²) in [6.45, 7) is -2.93. The molecule has 1 fully saturated rings. The smallest absolute Gasteiger partial charge is 0.387 e. The summed E-state index contributed by atoms with van der Waals surface area (Å²) in [7, 11) is 0. The molecule has 0 spiro atoms. The fraction of sp³-hybridized carbons (Fsp3) is 0.333. The van der Waals surface area contributed by atoms with E-state index in [4.69, 9.17) is 5.11 Å². The zero-order valence-corrected chi connectivity index (χ0v) is 11.0. The number of amides is 1. The third-order valence-corrected chi connectivity index (χ3v) is 3.77. The molecule has 5 nitrogen and oxygen atoms in total. The van der Waals surface area contributed by atoms with Gasteiger partial charge in [0.2, 0.25) is 0 Å². The molecule has 0 radical (unpaired) electrons. The number of carboxylic acid groups (broad SMARTS) is 1. The van der Waals surface area contributed by atoms with Crippen LogP contribution in [0.2, 0.25) is 0 Å². The SMILES string of the molecule is O=C(O)C1CSCN1C(=O)c1ccc(OC(F)F)cc1. The quantitative estimate of drug-likeness (QED) is 0.920. The third kappa shape index (κ3) is 3.19. The molecule has 1 amide bonds. The Kier molecular flexibility index (Phi) is 4.43. The number of carboxylic acids is 1. The van der Waals surface area contributed by atoms with E-state index < -0.39 is 24.5 Å². The second-order valence-corrected chi connectivity index (χ2v) is 5.03. The lowest BCUT2D eigenvalue weighted by Crippen LogP contribution is -2.41. The van der Waals surface area contributed by atoms with Crippen LogP contribution in [0.3, 0.4) is 0 Å². The highest BCUT2D eigenvalue weighted by molar-refractivity contribution is 7.99. The number of hydrogen-bond acceptors (Lipinski definition) is 4. The summed E-state index contributed by atoms with van der Waals surface area (Å²) in [5.74, 6) is -0.909. The Bertz CT molecular complexity index is 509. The number of carbonyl (C=O) groups excluding carboxylic acids is 1. The monoisotopic (exact) mass is 303 g/mol. The molecular weight excluding hydrogens is 292 g/mol. The van der Waals surface area contributed by atoms with Crippen molar-refractivity contribution < 1.29 is 28.2 Å². The van der Waals surface area contributed by atoms with Gasteiger partial charge in [0, 0.05) is 11.3 Å². The molecule has 8 heteroatoms. The number of alkyl halides is 2. The Labute approximate surface area is 117 Å². The number of nitrogens with zero attached hydrogens (tertiary/aromatic N) is 1. The van der Waals surface area contributed by atoms with Gasteiger partial charge < -0.3 is 14.7 Å². The number of ether oxygens (including phenoxy) is 1. The van der Waals surface area contributed by atoms with Gasteiger partial charge in [-0.25, -0.2) is 4.79 Å². The lowest BCUT2D eigenvalue weighted by Gasteiger charge is -2.20. The number of hydrogen-bond donors (Lipinski definition) is 1. The van der Waals surface area contributed by atoms with Crippen LogP contribution in [-0.4, -0.2) is 46.2 Å². The number of thioether (sulfide) groups is 1. The Morgan fingerprint density at radius 3 is 2.55 bits per heavy atom. The largest absolute Gasteiger partial charge is 0.480 e. The van der Waals surface area contributed by atoms with Crippen LogP contribution < -0.4 is 4.74 Å². The van der Waals surface area contributed by atoms with Crippen molar-refractivity contribution in [2.24, 2.45) is 0 Å². The minimum atomic E-state index is -2.93. The predicted molar refractivity (Wildman–Crippen MR) is 68.0 cm³/mol. The summed E-state index contributed by atoms with van der Waals surface area (Å²) in [5, 5.41) is 9.01. The van der Waals surface area contributed by atoms with E-state index in [-0.39, 0.29) is 11.3 Å². The molecule has 1 N–H and O–H groups in total. The molecule has 1 aliphatic rings. The van der Waals surface area contributed by atoms with Crippen molar-refractivity contribution in [1.29, 1.82) is 0 Å². The maximum Gasteiger partial charge on any atom is 0.387 e. The zero-order valence-electron chi connectivity index (χ0n) is 10.2. The standard InChI is InChI=1S/C12H11F2NO4S/c13-12(14)19-8-3-1-7(2-4-8)10(16)15-6-20-5-9(15)11(17)18/h1-4,9,12H,5-6H2,(H,17,18). The fourth-order valence-corrected chi connectivity index (χ4v) is 2.94. The van der Waals surface area contributed by atoms with Gasteiger partial charge in [-0.1, -0.05) is 0 Å². The highest BCUT2D eigenvalue weighted by Gasteiger charge is 2.34. The summed E-state index contributed by atoms with van der Waals surface area (Å²) in [6.07, 6.45) is 0. The predicted octanol–water partition coefficient (Wildman–Crippen LogP) is 1.89. The summed E-state index contributed by atoms with van der Waals surface area (Å²) in [5.41, 5.74) is 0.236. The van der Waals surface area contributed by atoms with Crippen LogP contribution >= 0.6 is 11.8 Å². The third-order valence-electron chi connectivity index (χ3n) is 2.75. The molecule has 2 rings (SSSR count). The number of benzene rings is 1. The molecule has 1 aromatic carbocycles. The minimum absolute atomic E-state index is 0.0536. The van der Waals surface area contributed by atoms with Crippen LogP contribution in [0.4, 0.5) is 8.78 Å². The highest BCUT2D eigenvalue weighted by atomic mass is 32.2. The van der Waals surface area contributed by atoms with Crippen molar-refractivity contribution in [3.63, 3.8) is 0 Å². The molecule has 1 saturated heterocycles. The van der Waals surface area contributed by atoms with Crippen molar-refractivity contribution in [1.82, 2.24) is 4.90 Å². The second-order valence-electron chi connectivity index (χ2n) is 4.03. The normalized spacial score (nSPS) is 18.4. The maximum absolute atomic E-state index is 12.2. The lowest BCUT2D eigenvalue weighted by molar-refractivity contribution is -0.140. The van der Waals surface area contributed by atoms with E-state index in [1.54, 1.807) is 0 Å². The van der Waals surface area contributed by atoms with E-state index in [0.29, 0.717) is 11.6 Å². The average Bonchev–Trinajstić information content (AvgIpc) is 2.87. The van der Waals surface area contributed by atoms with E-state index in [1.807, 2.05) is 0 Å². The van der Waals surface area contributed by atoms with Crippen LogP contribution in [0.25, 0.3) is 0 Å². The number of aliphatic carboxylic acids is 1. The van der Waals surface area contributed by atoms with Gasteiger partial charge in [0.15, 0.2) is 0 Å². The van der Waals surface area contributed by atoms with Gasteiger partial charge >= 0.3 is 12.6 Å². The Balaban J connectivity index is 2.11. The molecule has 0 saturated carbocycles. The van der Waals surface area contributed by atoms with E-state index in [2.05, 4.69) is 4.74 Å². The molecule has 1 aromatic rings. The molecule has 0 bridgehead atoms. The lowest BCUT2D eigenvalue weighted by atomic mass is 10.1. The van der Waals surface area contributed by atoms with Gasteiger partial charge in [-0.15, -0.1) is 11.8 Å². The van der Waals surface area contributed by atoms with Crippen molar-refractivity contribution in [3.8, 4) is 5.75 Å². The minimum Gasteiger partial charge on any atom is -0.480 e. The van der Waals surface area contributed by atoms with Crippen LogP contribution in [-0.2, 0) is 4.79 Å². The maximum atomic E-state index is 12.2. The van der Waals surface area contributed by atoms with Gasteiger partial charge in [-0.2, -0.15) is 8.78 Å². The van der Waals surface area contributed by atoms with Crippen molar-refractivity contribution >= 4 is 23.6 Å². The van der Waals surface area contributed by atoms with Crippen molar-refractivity contribution in [3.05, 3.63) is 29.8 Å². The molecular formula is C12H11F2NO4S. The molecule has 1 aliphatic heterocycles. The molecule has 0 aromatic heterocycles. The Morgan fingerprint density at radius 1 is 1.35 bits per heavy atom. The Hall–Kier alpha value is -1.83. The number of halogens is 2. The molecule has 1 heterocycles. The van der Waals surface area contributed by atoms with Gasteiger partial charge in [0.05, 0.1) is 5.88 Å². The first kappa shape index (κ1) is 14.6. The molecule has 1 atom stereocenters. The van der Waals surface area contributed by atoms with Crippen molar-refractivity contribution in [2.45, 2.75) is 12.7 Å². The average molecular weight is 303 g/mol. The van der Waals surface area contributed by atoms with E-state index in [1.165, 1.54) is 40.9 Å². The number of carbonyl (C=O) groups is 2. The summed E-state index contributed by atoms with van der Waals surface area (Å²) < 4.78 is 28.2. The highest BCUT2D eigenvalue weighted by Crippen LogP contribution is 2.24. The fourth-order valence-electron chi connectivity index (χ4n) is 1.79. The summed E-state index contributed by atoms with van der Waals surface area (Å²) in [6, 6.07) is 4.31. The molecule has 108 valence electrons. The molecule has 1 unspecified atom stereocenters. The van der Waals surface area contributed by atoms with Crippen LogP contribution in [0.1, 0.15) is 10.4 Å². The molecule has 0 aliphatic carbocycles. The van der Waals surface area contributed by atoms with Crippen LogP contribution in [0.15, 0.2) is 24.3 Å². The van der Waals surface area contributed by atoms with Gasteiger partial charge in [0.1, 0.15) is 11.8 Å². The zero-order chi connectivity index (χ0) is 14.7. The van der Waals surface area contributed by atoms with Crippen molar-refractivity contribution in [2.75, 3.05) is 11.6 Å². The van der Waals surface area contributed by atoms with Gasteiger partial charge in [-0.05, 0) is 24.3 Å². The van der Waals surface area contributed by atoms with E-state index >= 15 is 0 Å². The first-order valence-electron chi connectivity index (χ1n) is 5.65. The first-order valence-corrected chi connectivity index (χ1v) is 6.81. The summed E-state index contributed by atoms with van der Waals surface area (Å²) >= 11 is 1.35. The topological polar surface area (TPSA) is 66.8 Å². The van der Waals surface area contributed by atoms with Gasteiger partial charge in [-0.3, -0.25) is 4.79 Å². The molecule has 20 heavy (non-hydrogen) atoms. The van der Waals surface area contributed by atoms with Crippen LogP contribution in [0, 0.1) is 0 Å². The summed E-state index contributed by atoms with van der Waals surface area (Å²) in [4.78, 5) is 24.4. The van der Waals surface area contributed by atoms with E-state index in [0.717, 1.165) is 0 Å². The Morgan fingerprint density at radius 2 is 2.00 bits per heavy atom. The number of rotatable bonds is 4. The van der Waals surface area contributed by atoms with E-state index in [9.17, 15) is 18.4 Å². The first-order chi connectivity index (χ1) is 9.49.